The van der Waals surface area contributed by atoms with E-state index in [-0.39, 0.29) is 5.60 Å². The molecule has 0 aliphatic heterocycles. The standard InChI is InChI=1S/C15H22ClIN2O/c1-4-6-11-12(17)13(16)19-14(18-11)15(20-3)8-5-7-10(2)9-15/h10H,4-9H2,1-3H3. The van der Waals surface area contributed by atoms with Crippen LogP contribution in [-0.4, -0.2) is 17.1 Å². The Balaban J connectivity index is 2.44. The third-order valence-corrected chi connectivity index (χ3v) is 5.85. The summed E-state index contributed by atoms with van der Waals surface area (Å²) in [6.07, 6.45) is 6.36. The Morgan fingerprint density at radius 2 is 2.20 bits per heavy atom. The predicted octanol–water partition coefficient (Wildman–Crippen LogP) is 4.74. The molecule has 0 amide bonds. The van der Waals surface area contributed by atoms with Gasteiger partial charge in [-0.05, 0) is 54.2 Å². The predicted molar refractivity (Wildman–Crippen MR) is 90.1 cm³/mol. The molecule has 0 radical (unpaired) electrons. The maximum absolute atomic E-state index is 6.32. The molecule has 0 saturated heterocycles. The van der Waals surface area contributed by atoms with E-state index in [1.807, 2.05) is 0 Å². The minimum Gasteiger partial charge on any atom is -0.370 e. The van der Waals surface area contributed by atoms with Crippen molar-refractivity contribution in [1.82, 2.24) is 9.97 Å². The average molecular weight is 409 g/mol. The molecule has 1 aromatic rings. The van der Waals surface area contributed by atoms with Crippen molar-refractivity contribution >= 4 is 34.2 Å². The van der Waals surface area contributed by atoms with Gasteiger partial charge in [-0.15, -0.1) is 0 Å². The molecule has 112 valence electrons. The lowest BCUT2D eigenvalue weighted by atomic mass is 9.78. The van der Waals surface area contributed by atoms with Gasteiger partial charge in [0.05, 0.1) is 9.26 Å². The van der Waals surface area contributed by atoms with Gasteiger partial charge in [0.2, 0.25) is 0 Å². The van der Waals surface area contributed by atoms with Crippen molar-refractivity contribution in [3.05, 3.63) is 20.2 Å². The van der Waals surface area contributed by atoms with Crippen LogP contribution in [0.5, 0.6) is 0 Å². The second-order valence-electron chi connectivity index (χ2n) is 5.75. The maximum Gasteiger partial charge on any atom is 0.162 e. The van der Waals surface area contributed by atoms with Gasteiger partial charge in [0.1, 0.15) is 10.8 Å². The number of halogens is 2. The summed E-state index contributed by atoms with van der Waals surface area (Å²) < 4.78 is 6.85. The molecule has 0 bridgehead atoms. The van der Waals surface area contributed by atoms with Crippen molar-refractivity contribution < 1.29 is 4.74 Å². The van der Waals surface area contributed by atoms with Gasteiger partial charge in [-0.2, -0.15) is 0 Å². The zero-order chi connectivity index (χ0) is 14.8. The van der Waals surface area contributed by atoms with Gasteiger partial charge in [0.15, 0.2) is 5.82 Å². The minimum absolute atomic E-state index is 0.353. The number of nitrogens with zero attached hydrogens (tertiary/aromatic N) is 2. The second kappa shape index (κ2) is 6.88. The molecule has 2 atom stereocenters. The molecule has 1 saturated carbocycles. The molecule has 0 N–H and O–H groups in total. The summed E-state index contributed by atoms with van der Waals surface area (Å²) in [5, 5.41) is 0.564. The molecule has 1 aliphatic rings. The lowest BCUT2D eigenvalue weighted by Crippen LogP contribution is -2.36. The maximum atomic E-state index is 6.32. The summed E-state index contributed by atoms with van der Waals surface area (Å²) in [6.45, 7) is 4.43. The van der Waals surface area contributed by atoms with Gasteiger partial charge in [-0.1, -0.05) is 38.3 Å². The summed E-state index contributed by atoms with van der Waals surface area (Å²) in [5.74, 6) is 1.42. The molecule has 1 aromatic heterocycles. The van der Waals surface area contributed by atoms with Gasteiger partial charge in [0, 0.05) is 7.11 Å². The van der Waals surface area contributed by atoms with Gasteiger partial charge < -0.3 is 4.74 Å². The lowest BCUT2D eigenvalue weighted by molar-refractivity contribution is -0.0647. The van der Waals surface area contributed by atoms with Crippen LogP contribution in [0.15, 0.2) is 0 Å². The van der Waals surface area contributed by atoms with E-state index in [2.05, 4.69) is 41.4 Å². The van der Waals surface area contributed by atoms with E-state index in [1.54, 1.807) is 7.11 Å². The normalized spacial score (nSPS) is 26.8. The van der Waals surface area contributed by atoms with E-state index in [4.69, 9.17) is 21.3 Å². The molecule has 1 aliphatic carbocycles. The van der Waals surface area contributed by atoms with Crippen LogP contribution in [0.25, 0.3) is 0 Å². The monoisotopic (exact) mass is 408 g/mol. The highest BCUT2D eigenvalue weighted by Gasteiger charge is 2.40. The van der Waals surface area contributed by atoms with Crippen LogP contribution in [-0.2, 0) is 16.8 Å². The van der Waals surface area contributed by atoms with E-state index >= 15 is 0 Å². The number of aryl methyl sites for hydroxylation is 1. The van der Waals surface area contributed by atoms with E-state index in [1.165, 1.54) is 6.42 Å². The van der Waals surface area contributed by atoms with E-state index in [0.29, 0.717) is 11.1 Å². The molecule has 0 aromatic carbocycles. The molecule has 1 heterocycles. The molecular weight excluding hydrogens is 387 g/mol. The molecule has 1 fully saturated rings. The number of rotatable bonds is 4. The van der Waals surface area contributed by atoms with Crippen molar-refractivity contribution in [2.75, 3.05) is 7.11 Å². The van der Waals surface area contributed by atoms with E-state index < -0.39 is 0 Å². The number of methoxy groups -OCH3 is 1. The molecular formula is C15H22ClIN2O. The largest absolute Gasteiger partial charge is 0.370 e. The highest BCUT2D eigenvalue weighted by Crippen LogP contribution is 2.41. The fourth-order valence-electron chi connectivity index (χ4n) is 3.05. The molecule has 20 heavy (non-hydrogen) atoms. The van der Waals surface area contributed by atoms with Crippen molar-refractivity contribution in [3.63, 3.8) is 0 Å². The first-order chi connectivity index (χ1) is 9.52. The Morgan fingerprint density at radius 1 is 1.45 bits per heavy atom. The van der Waals surface area contributed by atoms with Gasteiger partial charge in [-0.3, -0.25) is 0 Å². The SMILES string of the molecule is CCCc1nc(C2(OC)CCCC(C)C2)nc(Cl)c1I. The van der Waals surface area contributed by atoms with Gasteiger partial charge in [-0.25, -0.2) is 9.97 Å². The Bertz CT molecular complexity index is 483. The van der Waals surface area contributed by atoms with Crippen molar-refractivity contribution in [2.24, 2.45) is 5.92 Å². The van der Waals surface area contributed by atoms with E-state index in [9.17, 15) is 0 Å². The molecule has 2 rings (SSSR count). The number of aromatic nitrogens is 2. The van der Waals surface area contributed by atoms with E-state index in [0.717, 1.165) is 47.2 Å². The fourth-order valence-corrected chi connectivity index (χ4v) is 3.75. The number of hydrogen-bond acceptors (Lipinski definition) is 3. The molecule has 0 spiro atoms. The van der Waals surface area contributed by atoms with Gasteiger partial charge in [0.25, 0.3) is 0 Å². The third kappa shape index (κ3) is 3.28. The Labute approximate surface area is 140 Å². The third-order valence-electron chi connectivity index (χ3n) is 4.12. The summed E-state index contributed by atoms with van der Waals surface area (Å²) in [4.78, 5) is 9.33. The summed E-state index contributed by atoms with van der Waals surface area (Å²) in [6, 6.07) is 0. The first-order valence-corrected chi connectivity index (χ1v) is 8.75. The topological polar surface area (TPSA) is 35.0 Å². The van der Waals surface area contributed by atoms with Crippen molar-refractivity contribution in [1.29, 1.82) is 0 Å². The number of hydrogen-bond donors (Lipinski definition) is 0. The first-order valence-electron chi connectivity index (χ1n) is 7.30. The van der Waals surface area contributed by atoms with Gasteiger partial charge >= 0.3 is 0 Å². The molecule has 5 heteroatoms. The Morgan fingerprint density at radius 3 is 2.80 bits per heavy atom. The Kier molecular flexibility index (Phi) is 5.65. The quantitative estimate of drug-likeness (QED) is 0.533. The first kappa shape index (κ1) is 16.4. The lowest BCUT2D eigenvalue weighted by Gasteiger charge is -2.37. The van der Waals surface area contributed by atoms with Crippen LogP contribution in [0.4, 0.5) is 0 Å². The van der Waals surface area contributed by atoms with Crippen LogP contribution >= 0.6 is 34.2 Å². The second-order valence-corrected chi connectivity index (χ2v) is 7.19. The zero-order valence-electron chi connectivity index (χ0n) is 12.4. The highest BCUT2D eigenvalue weighted by atomic mass is 127. The molecule has 3 nitrogen and oxygen atoms in total. The van der Waals surface area contributed by atoms with Crippen LogP contribution in [0.3, 0.4) is 0 Å². The highest BCUT2D eigenvalue weighted by molar-refractivity contribution is 14.1. The minimum atomic E-state index is -0.353. The van der Waals surface area contributed by atoms with Crippen molar-refractivity contribution in [2.45, 2.75) is 58.0 Å². The van der Waals surface area contributed by atoms with Crippen molar-refractivity contribution in [3.8, 4) is 0 Å². The average Bonchev–Trinajstić information content (AvgIpc) is 2.43. The molecule has 2 unspecified atom stereocenters. The van der Waals surface area contributed by atoms with Crippen LogP contribution in [0, 0.1) is 9.49 Å². The van der Waals surface area contributed by atoms with Crippen LogP contribution in [0.1, 0.15) is 57.5 Å². The zero-order valence-corrected chi connectivity index (χ0v) is 15.3. The Hall–Kier alpha value is 0.0600. The summed E-state index contributed by atoms with van der Waals surface area (Å²) >= 11 is 8.55. The van der Waals surface area contributed by atoms with Crippen LogP contribution in [0.2, 0.25) is 5.15 Å². The smallest absolute Gasteiger partial charge is 0.162 e. The number of ether oxygens (including phenoxy) is 1. The van der Waals surface area contributed by atoms with Crippen LogP contribution < -0.4 is 0 Å². The summed E-state index contributed by atoms with van der Waals surface area (Å²) in [5.41, 5.74) is 0.700. The summed E-state index contributed by atoms with van der Waals surface area (Å²) in [7, 11) is 1.77. The fraction of sp³-hybridized carbons (Fsp3) is 0.733.